The number of methoxy groups -OCH3 is 1. The number of hydrogen-bond donors (Lipinski definition) is 2. The Kier molecular flexibility index (Phi) is 3.98. The highest BCUT2D eigenvalue weighted by Gasteiger charge is 2.66. The van der Waals surface area contributed by atoms with E-state index in [4.69, 9.17) is 9.47 Å². The van der Waals surface area contributed by atoms with Crippen LogP contribution in [0.15, 0.2) is 42.3 Å². The number of allylic oxidation sites excluding steroid dienone is 1. The van der Waals surface area contributed by atoms with Crippen molar-refractivity contribution in [2.45, 2.75) is 18.1 Å². The zero-order valence-electron chi connectivity index (χ0n) is 16.9. The quantitative estimate of drug-likeness (QED) is 0.523. The van der Waals surface area contributed by atoms with Gasteiger partial charge in [-0.15, -0.1) is 0 Å². The van der Waals surface area contributed by atoms with Crippen molar-refractivity contribution in [3.8, 4) is 0 Å². The molecule has 1 aliphatic carbocycles. The van der Waals surface area contributed by atoms with Gasteiger partial charge in [-0.3, -0.25) is 14.9 Å². The highest BCUT2D eigenvalue weighted by Crippen LogP contribution is 2.46. The standard InChI is InChI=1S/C21H20N4O6/c1-20(14-4-3-7-22-15(14)17(27)31-20)21(18(28)23-19(29)24-21)10-25-9-11-5-6-12(30-2)8-13(11)16(25)26/h3-8,11,13H,9-10H2,1-2H3,(H2,23,24,28,29)/t11?,13?,20?,21-/m1/s1. The van der Waals surface area contributed by atoms with Crippen LogP contribution in [0.3, 0.4) is 0 Å². The number of carbonyl (C=O) groups is 4. The number of hydrogen-bond acceptors (Lipinski definition) is 7. The number of carbonyl (C=O) groups excluding carboxylic acids is 4. The van der Waals surface area contributed by atoms with E-state index in [1.165, 1.54) is 18.2 Å². The number of fused-ring (bicyclic) bond motifs is 2. The lowest BCUT2D eigenvalue weighted by atomic mass is 9.76. The molecule has 0 saturated carbocycles. The summed E-state index contributed by atoms with van der Waals surface area (Å²) in [6.07, 6.45) is 6.91. The van der Waals surface area contributed by atoms with Gasteiger partial charge in [-0.2, -0.15) is 0 Å². The number of nitrogens with zero attached hydrogens (tertiary/aromatic N) is 2. The molecule has 0 radical (unpaired) electrons. The summed E-state index contributed by atoms with van der Waals surface area (Å²) in [5.41, 5.74) is -2.81. The maximum Gasteiger partial charge on any atom is 0.358 e. The van der Waals surface area contributed by atoms with E-state index in [9.17, 15) is 19.2 Å². The minimum absolute atomic E-state index is 0.0790. The topological polar surface area (TPSA) is 127 Å². The summed E-state index contributed by atoms with van der Waals surface area (Å²) < 4.78 is 10.9. The van der Waals surface area contributed by atoms with Gasteiger partial charge in [-0.25, -0.2) is 14.6 Å². The third kappa shape index (κ3) is 2.54. The Balaban J connectivity index is 1.55. The zero-order chi connectivity index (χ0) is 22.0. The smallest absolute Gasteiger partial charge is 0.358 e. The lowest BCUT2D eigenvalue weighted by molar-refractivity contribution is -0.140. The molecule has 0 spiro atoms. The summed E-state index contributed by atoms with van der Waals surface area (Å²) in [4.78, 5) is 56.6. The molecule has 2 fully saturated rings. The van der Waals surface area contributed by atoms with Gasteiger partial charge in [0.1, 0.15) is 5.76 Å². The van der Waals surface area contributed by atoms with E-state index in [0.29, 0.717) is 17.9 Å². The molecule has 31 heavy (non-hydrogen) atoms. The van der Waals surface area contributed by atoms with Crippen molar-refractivity contribution in [2.24, 2.45) is 11.8 Å². The predicted octanol–water partition coefficient (Wildman–Crippen LogP) is 0.220. The number of pyridine rings is 1. The number of esters is 1. The van der Waals surface area contributed by atoms with E-state index in [2.05, 4.69) is 15.6 Å². The minimum Gasteiger partial charge on any atom is -0.497 e. The van der Waals surface area contributed by atoms with Crippen LogP contribution in [0.2, 0.25) is 0 Å². The fraction of sp³-hybridized carbons (Fsp3) is 0.381. The second-order valence-electron chi connectivity index (χ2n) is 8.18. The molecule has 2 saturated heterocycles. The van der Waals surface area contributed by atoms with Crippen molar-refractivity contribution in [1.29, 1.82) is 0 Å². The van der Waals surface area contributed by atoms with Crippen molar-refractivity contribution in [3.63, 3.8) is 0 Å². The number of imide groups is 1. The largest absolute Gasteiger partial charge is 0.497 e. The molecule has 5 rings (SSSR count). The first-order valence-corrected chi connectivity index (χ1v) is 9.84. The Morgan fingerprint density at radius 2 is 2.13 bits per heavy atom. The first-order chi connectivity index (χ1) is 14.8. The zero-order valence-corrected chi connectivity index (χ0v) is 16.9. The van der Waals surface area contributed by atoms with E-state index in [0.717, 1.165) is 0 Å². The molecule has 4 atom stereocenters. The summed E-state index contributed by atoms with van der Waals surface area (Å²) in [5, 5.41) is 4.89. The Morgan fingerprint density at radius 1 is 1.32 bits per heavy atom. The van der Waals surface area contributed by atoms with Gasteiger partial charge in [0.05, 0.1) is 19.6 Å². The Hall–Kier alpha value is -3.69. The Bertz CT molecular complexity index is 1100. The Morgan fingerprint density at radius 3 is 2.84 bits per heavy atom. The fourth-order valence-corrected chi connectivity index (χ4v) is 4.89. The highest BCUT2D eigenvalue weighted by atomic mass is 16.6. The normalized spacial score (nSPS) is 33.5. The monoisotopic (exact) mass is 424 g/mol. The van der Waals surface area contributed by atoms with E-state index in [1.54, 1.807) is 31.2 Å². The van der Waals surface area contributed by atoms with Crippen LogP contribution < -0.4 is 10.6 Å². The van der Waals surface area contributed by atoms with Crippen LogP contribution in [0.4, 0.5) is 4.79 Å². The maximum absolute atomic E-state index is 13.2. The first-order valence-electron chi connectivity index (χ1n) is 9.84. The van der Waals surface area contributed by atoms with E-state index >= 15 is 0 Å². The van der Waals surface area contributed by atoms with Crippen molar-refractivity contribution >= 4 is 23.8 Å². The first kappa shape index (κ1) is 19.3. The maximum atomic E-state index is 13.2. The number of cyclic esters (lactones) is 1. The second-order valence-corrected chi connectivity index (χ2v) is 8.18. The molecule has 10 nitrogen and oxygen atoms in total. The summed E-state index contributed by atoms with van der Waals surface area (Å²) in [6.45, 7) is 1.74. The lowest BCUT2D eigenvalue weighted by Crippen LogP contribution is -2.67. The molecule has 4 aliphatic rings. The molecule has 1 aromatic rings. The average molecular weight is 424 g/mol. The third-order valence-corrected chi connectivity index (χ3v) is 6.57. The summed E-state index contributed by atoms with van der Waals surface area (Å²) in [6, 6.07) is 2.54. The molecule has 3 aliphatic heterocycles. The summed E-state index contributed by atoms with van der Waals surface area (Å²) >= 11 is 0. The van der Waals surface area contributed by atoms with E-state index in [-0.39, 0.29) is 24.1 Å². The highest BCUT2D eigenvalue weighted by molar-refractivity contribution is 6.09. The third-order valence-electron chi connectivity index (χ3n) is 6.57. The number of ether oxygens (including phenoxy) is 2. The van der Waals surface area contributed by atoms with Crippen LogP contribution in [0.1, 0.15) is 23.0 Å². The molecule has 10 heteroatoms. The summed E-state index contributed by atoms with van der Waals surface area (Å²) in [7, 11) is 1.53. The molecular weight excluding hydrogens is 404 g/mol. The number of urea groups is 1. The SMILES string of the molecule is COC1=CC2C(=O)N(C[C@@]3(C4(C)OC(=O)c5ncccc54)NC(=O)NC3=O)CC2C=C1. The van der Waals surface area contributed by atoms with Crippen molar-refractivity contribution in [1.82, 2.24) is 20.5 Å². The molecule has 3 unspecified atom stereocenters. The minimum atomic E-state index is -1.71. The van der Waals surface area contributed by atoms with Gasteiger partial charge in [0, 0.05) is 24.2 Å². The van der Waals surface area contributed by atoms with Crippen LogP contribution >= 0.6 is 0 Å². The molecule has 0 aromatic carbocycles. The number of likely N-dealkylation sites (tertiary alicyclic amines) is 1. The van der Waals surface area contributed by atoms with Crippen molar-refractivity contribution in [3.05, 3.63) is 53.6 Å². The van der Waals surface area contributed by atoms with Gasteiger partial charge in [0.2, 0.25) is 5.91 Å². The van der Waals surface area contributed by atoms with Gasteiger partial charge >= 0.3 is 12.0 Å². The van der Waals surface area contributed by atoms with Gasteiger partial charge in [0.15, 0.2) is 16.8 Å². The van der Waals surface area contributed by atoms with Gasteiger partial charge in [0.25, 0.3) is 5.91 Å². The molecule has 4 heterocycles. The number of nitrogens with one attached hydrogen (secondary N) is 2. The second kappa shape index (κ2) is 6.40. The van der Waals surface area contributed by atoms with Crippen LogP contribution in [-0.2, 0) is 24.7 Å². The molecule has 160 valence electrons. The van der Waals surface area contributed by atoms with E-state index < -0.39 is 35.0 Å². The predicted molar refractivity (Wildman–Crippen MR) is 104 cm³/mol. The van der Waals surface area contributed by atoms with Crippen LogP contribution in [0.5, 0.6) is 0 Å². The number of amides is 4. The Labute approximate surface area is 177 Å². The van der Waals surface area contributed by atoms with Crippen LogP contribution in [0.25, 0.3) is 0 Å². The molecule has 1 aromatic heterocycles. The van der Waals surface area contributed by atoms with Gasteiger partial charge in [-0.05, 0) is 25.1 Å². The molecule has 0 bridgehead atoms. The van der Waals surface area contributed by atoms with Gasteiger partial charge in [-0.1, -0.05) is 12.1 Å². The van der Waals surface area contributed by atoms with E-state index in [1.807, 2.05) is 6.08 Å². The fourth-order valence-electron chi connectivity index (χ4n) is 4.89. The van der Waals surface area contributed by atoms with Crippen molar-refractivity contribution in [2.75, 3.05) is 20.2 Å². The molecule has 4 amide bonds. The average Bonchev–Trinajstić information content (AvgIpc) is 3.33. The number of rotatable bonds is 4. The lowest BCUT2D eigenvalue weighted by Gasteiger charge is -2.42. The summed E-state index contributed by atoms with van der Waals surface area (Å²) in [5.74, 6) is -1.48. The van der Waals surface area contributed by atoms with Crippen molar-refractivity contribution < 1.29 is 28.7 Å². The molecular formula is C21H20N4O6. The number of aromatic nitrogens is 1. The molecule has 2 N–H and O–H groups in total. The van der Waals surface area contributed by atoms with Gasteiger partial charge < -0.3 is 19.7 Å². The van der Waals surface area contributed by atoms with Crippen LogP contribution in [0, 0.1) is 11.8 Å². The van der Waals surface area contributed by atoms with Crippen LogP contribution in [-0.4, -0.2) is 59.4 Å².